The van der Waals surface area contributed by atoms with Gasteiger partial charge in [-0.15, -0.1) is 0 Å². The SMILES string of the molecule is CCN(CC)C(=O)C(C)COC. The molecule has 0 rings (SSSR count). The largest absolute Gasteiger partial charge is 0.384 e. The van der Waals surface area contributed by atoms with E-state index in [0.717, 1.165) is 13.1 Å². The van der Waals surface area contributed by atoms with Gasteiger partial charge in [-0.2, -0.15) is 0 Å². The van der Waals surface area contributed by atoms with Crippen LogP contribution in [0.25, 0.3) is 0 Å². The van der Waals surface area contributed by atoms with Gasteiger partial charge in [0.2, 0.25) is 5.91 Å². The van der Waals surface area contributed by atoms with Gasteiger partial charge in [0.05, 0.1) is 12.5 Å². The summed E-state index contributed by atoms with van der Waals surface area (Å²) in [4.78, 5) is 13.4. The van der Waals surface area contributed by atoms with Crippen molar-refractivity contribution in [2.24, 2.45) is 5.92 Å². The number of hydrogen-bond donors (Lipinski definition) is 0. The van der Waals surface area contributed by atoms with Crippen LogP contribution in [0.3, 0.4) is 0 Å². The summed E-state index contributed by atoms with van der Waals surface area (Å²) in [7, 11) is 1.62. The van der Waals surface area contributed by atoms with Gasteiger partial charge in [-0.3, -0.25) is 4.79 Å². The average Bonchev–Trinajstić information content (AvgIpc) is 2.07. The third-order valence-electron chi connectivity index (χ3n) is 1.91. The lowest BCUT2D eigenvalue weighted by Crippen LogP contribution is -2.36. The number of amides is 1. The van der Waals surface area contributed by atoms with Crippen molar-refractivity contribution in [1.82, 2.24) is 4.90 Å². The third kappa shape index (κ3) is 3.22. The Kier molecular flexibility index (Phi) is 5.72. The molecule has 1 amide bonds. The molecule has 3 nitrogen and oxygen atoms in total. The van der Waals surface area contributed by atoms with Crippen LogP contribution in [-0.2, 0) is 9.53 Å². The average molecular weight is 173 g/mol. The number of carbonyl (C=O) groups is 1. The summed E-state index contributed by atoms with van der Waals surface area (Å²) in [6, 6.07) is 0. The van der Waals surface area contributed by atoms with Gasteiger partial charge in [-0.05, 0) is 13.8 Å². The minimum absolute atomic E-state index is 0.0186. The Morgan fingerprint density at radius 3 is 2.25 bits per heavy atom. The highest BCUT2D eigenvalue weighted by Crippen LogP contribution is 2.02. The summed E-state index contributed by atoms with van der Waals surface area (Å²) in [5.41, 5.74) is 0. The Bertz CT molecular complexity index is 132. The van der Waals surface area contributed by atoms with Gasteiger partial charge in [0.15, 0.2) is 0 Å². The van der Waals surface area contributed by atoms with E-state index in [1.165, 1.54) is 0 Å². The summed E-state index contributed by atoms with van der Waals surface area (Å²) in [5.74, 6) is 0.164. The van der Waals surface area contributed by atoms with Crippen LogP contribution in [0.4, 0.5) is 0 Å². The summed E-state index contributed by atoms with van der Waals surface area (Å²) in [5, 5.41) is 0. The summed E-state index contributed by atoms with van der Waals surface area (Å²) >= 11 is 0. The molecule has 1 unspecified atom stereocenters. The first-order valence-corrected chi connectivity index (χ1v) is 4.45. The van der Waals surface area contributed by atoms with Crippen LogP contribution < -0.4 is 0 Å². The second-order valence-corrected chi connectivity index (χ2v) is 2.87. The maximum Gasteiger partial charge on any atom is 0.227 e. The molecule has 0 aromatic rings. The predicted molar refractivity (Wildman–Crippen MR) is 49.0 cm³/mol. The van der Waals surface area contributed by atoms with Crippen molar-refractivity contribution in [3.8, 4) is 0 Å². The van der Waals surface area contributed by atoms with E-state index in [-0.39, 0.29) is 11.8 Å². The van der Waals surface area contributed by atoms with Gasteiger partial charge >= 0.3 is 0 Å². The van der Waals surface area contributed by atoms with Crippen LogP contribution in [0.15, 0.2) is 0 Å². The minimum atomic E-state index is -0.0186. The summed E-state index contributed by atoms with van der Waals surface area (Å²) in [6.07, 6.45) is 0. The maximum atomic E-state index is 11.5. The van der Waals surface area contributed by atoms with E-state index in [1.54, 1.807) is 7.11 Å². The van der Waals surface area contributed by atoms with E-state index in [2.05, 4.69) is 0 Å². The van der Waals surface area contributed by atoms with Crippen molar-refractivity contribution >= 4 is 5.91 Å². The fraction of sp³-hybridized carbons (Fsp3) is 0.889. The number of rotatable bonds is 5. The van der Waals surface area contributed by atoms with E-state index in [0.29, 0.717) is 6.61 Å². The van der Waals surface area contributed by atoms with Crippen molar-refractivity contribution in [2.75, 3.05) is 26.8 Å². The van der Waals surface area contributed by atoms with Gasteiger partial charge in [0.1, 0.15) is 0 Å². The zero-order valence-corrected chi connectivity index (χ0v) is 8.46. The molecule has 3 heteroatoms. The molecule has 0 aliphatic rings. The number of ether oxygens (including phenoxy) is 1. The molecule has 0 heterocycles. The zero-order valence-electron chi connectivity index (χ0n) is 8.46. The maximum absolute atomic E-state index is 11.5. The standard InChI is InChI=1S/C9H19NO2/c1-5-10(6-2)9(11)8(3)7-12-4/h8H,5-7H2,1-4H3. The van der Waals surface area contributed by atoms with E-state index in [1.807, 2.05) is 25.7 Å². The predicted octanol–water partition coefficient (Wildman–Crippen LogP) is 1.14. The number of nitrogens with zero attached hydrogens (tertiary/aromatic N) is 1. The fourth-order valence-corrected chi connectivity index (χ4v) is 1.17. The molecular formula is C9H19NO2. The topological polar surface area (TPSA) is 29.5 Å². The second-order valence-electron chi connectivity index (χ2n) is 2.87. The Morgan fingerprint density at radius 1 is 1.42 bits per heavy atom. The molecule has 0 bridgehead atoms. The lowest BCUT2D eigenvalue weighted by atomic mass is 10.1. The first-order chi connectivity index (χ1) is 5.67. The van der Waals surface area contributed by atoms with Crippen LogP contribution in [0, 0.1) is 5.92 Å². The second kappa shape index (κ2) is 6.00. The number of carbonyl (C=O) groups excluding carboxylic acids is 1. The molecule has 0 saturated carbocycles. The number of hydrogen-bond acceptors (Lipinski definition) is 2. The quantitative estimate of drug-likeness (QED) is 0.624. The molecule has 0 aliphatic carbocycles. The molecule has 0 radical (unpaired) electrons. The molecule has 0 spiro atoms. The highest BCUT2D eigenvalue weighted by Gasteiger charge is 2.17. The van der Waals surface area contributed by atoms with Crippen molar-refractivity contribution in [3.63, 3.8) is 0 Å². The first kappa shape index (κ1) is 11.4. The van der Waals surface area contributed by atoms with Crippen molar-refractivity contribution in [3.05, 3.63) is 0 Å². The van der Waals surface area contributed by atoms with Gasteiger partial charge < -0.3 is 9.64 Å². The van der Waals surface area contributed by atoms with Crippen LogP contribution in [0.2, 0.25) is 0 Å². The molecule has 0 saturated heterocycles. The Hall–Kier alpha value is -0.570. The van der Waals surface area contributed by atoms with Crippen molar-refractivity contribution in [2.45, 2.75) is 20.8 Å². The molecule has 0 aromatic heterocycles. The highest BCUT2D eigenvalue weighted by atomic mass is 16.5. The molecule has 0 aromatic carbocycles. The van der Waals surface area contributed by atoms with Crippen LogP contribution in [0.1, 0.15) is 20.8 Å². The van der Waals surface area contributed by atoms with Gasteiger partial charge in [-0.25, -0.2) is 0 Å². The fourth-order valence-electron chi connectivity index (χ4n) is 1.17. The Morgan fingerprint density at radius 2 is 1.92 bits per heavy atom. The third-order valence-corrected chi connectivity index (χ3v) is 1.91. The molecule has 12 heavy (non-hydrogen) atoms. The van der Waals surface area contributed by atoms with Gasteiger partial charge in [-0.1, -0.05) is 6.92 Å². The van der Waals surface area contributed by atoms with Crippen molar-refractivity contribution in [1.29, 1.82) is 0 Å². The Balaban J connectivity index is 3.97. The highest BCUT2D eigenvalue weighted by molar-refractivity contribution is 5.78. The minimum Gasteiger partial charge on any atom is -0.384 e. The van der Waals surface area contributed by atoms with Crippen LogP contribution >= 0.6 is 0 Å². The van der Waals surface area contributed by atoms with E-state index in [9.17, 15) is 4.79 Å². The Labute approximate surface area is 74.7 Å². The van der Waals surface area contributed by atoms with Crippen LogP contribution in [0.5, 0.6) is 0 Å². The smallest absolute Gasteiger partial charge is 0.227 e. The van der Waals surface area contributed by atoms with E-state index in [4.69, 9.17) is 4.74 Å². The first-order valence-electron chi connectivity index (χ1n) is 4.45. The molecule has 0 N–H and O–H groups in total. The van der Waals surface area contributed by atoms with Gasteiger partial charge in [0, 0.05) is 20.2 Å². The van der Waals surface area contributed by atoms with Crippen LogP contribution in [-0.4, -0.2) is 37.6 Å². The summed E-state index contributed by atoms with van der Waals surface area (Å²) < 4.78 is 4.92. The monoisotopic (exact) mass is 173 g/mol. The lowest BCUT2D eigenvalue weighted by Gasteiger charge is -2.22. The lowest BCUT2D eigenvalue weighted by molar-refractivity contribution is -0.136. The number of methoxy groups -OCH3 is 1. The molecule has 0 aliphatic heterocycles. The molecular weight excluding hydrogens is 154 g/mol. The zero-order chi connectivity index (χ0) is 9.56. The summed E-state index contributed by atoms with van der Waals surface area (Å²) in [6.45, 7) is 7.94. The molecule has 0 fully saturated rings. The molecule has 72 valence electrons. The molecule has 1 atom stereocenters. The van der Waals surface area contributed by atoms with Gasteiger partial charge in [0.25, 0.3) is 0 Å². The normalized spacial score (nSPS) is 12.7. The van der Waals surface area contributed by atoms with E-state index < -0.39 is 0 Å². The van der Waals surface area contributed by atoms with E-state index >= 15 is 0 Å². The van der Waals surface area contributed by atoms with Crippen molar-refractivity contribution < 1.29 is 9.53 Å².